The summed E-state index contributed by atoms with van der Waals surface area (Å²) in [5.74, 6) is -0.691. The highest BCUT2D eigenvalue weighted by molar-refractivity contribution is 9.10. The van der Waals surface area contributed by atoms with Gasteiger partial charge in [0.05, 0.1) is 18.7 Å². The van der Waals surface area contributed by atoms with Gasteiger partial charge >= 0.3 is 0 Å². The van der Waals surface area contributed by atoms with Gasteiger partial charge in [-0.05, 0) is 86.2 Å². The third-order valence-corrected chi connectivity index (χ3v) is 7.67. The predicted octanol–water partition coefficient (Wildman–Crippen LogP) is 6.00. The molecule has 0 spiro atoms. The van der Waals surface area contributed by atoms with Crippen molar-refractivity contribution in [3.05, 3.63) is 97.5 Å². The maximum absolute atomic E-state index is 13.6. The fourth-order valence-electron chi connectivity index (χ4n) is 4.86. The number of anilines is 1. The number of hydrogen-bond donors (Lipinski definition) is 1. The summed E-state index contributed by atoms with van der Waals surface area (Å²) in [6.45, 7) is 10.3. The fourth-order valence-corrected chi connectivity index (χ4v) is 5.22. The average molecular weight is 506 g/mol. The maximum atomic E-state index is 13.6. The number of rotatable bonds is 5. The van der Waals surface area contributed by atoms with Crippen molar-refractivity contribution in [3.8, 4) is 0 Å². The molecule has 1 amide bonds. The zero-order valence-electron chi connectivity index (χ0n) is 19.6. The number of aliphatic hydroxyl groups is 1. The Morgan fingerprint density at radius 3 is 2.09 bits per heavy atom. The number of nitrogens with zero attached hydrogens (tertiary/aromatic N) is 1. The summed E-state index contributed by atoms with van der Waals surface area (Å²) < 4.78 is 0.746. The van der Waals surface area contributed by atoms with E-state index in [4.69, 9.17) is 0 Å². The largest absolute Gasteiger partial charge is 0.375 e. The van der Waals surface area contributed by atoms with E-state index in [2.05, 4.69) is 22.9 Å². The molecule has 33 heavy (non-hydrogen) atoms. The highest BCUT2D eigenvalue weighted by Gasteiger charge is 2.51. The van der Waals surface area contributed by atoms with Gasteiger partial charge in [0, 0.05) is 15.6 Å². The van der Waals surface area contributed by atoms with Crippen molar-refractivity contribution in [2.45, 2.75) is 53.2 Å². The van der Waals surface area contributed by atoms with Crippen LogP contribution < -0.4 is 4.90 Å². The maximum Gasteiger partial charge on any atom is 0.264 e. The first-order valence-corrected chi connectivity index (χ1v) is 11.8. The number of fused-ring (bicyclic) bond motifs is 1. The zero-order valence-corrected chi connectivity index (χ0v) is 21.2. The molecule has 3 aromatic rings. The normalized spacial score (nSPS) is 17.4. The molecule has 0 saturated heterocycles. The number of amides is 1. The van der Waals surface area contributed by atoms with Crippen molar-refractivity contribution in [2.75, 3.05) is 4.90 Å². The minimum atomic E-state index is -1.92. The van der Waals surface area contributed by atoms with Crippen molar-refractivity contribution < 1.29 is 14.7 Å². The monoisotopic (exact) mass is 505 g/mol. The van der Waals surface area contributed by atoms with E-state index in [9.17, 15) is 14.7 Å². The topological polar surface area (TPSA) is 57.6 Å². The molecule has 0 aromatic heterocycles. The first-order valence-electron chi connectivity index (χ1n) is 11.0. The van der Waals surface area contributed by atoms with Crippen molar-refractivity contribution in [1.82, 2.24) is 0 Å². The molecule has 1 heterocycles. The van der Waals surface area contributed by atoms with Gasteiger partial charge in [-0.2, -0.15) is 0 Å². The van der Waals surface area contributed by atoms with E-state index in [1.807, 2.05) is 70.2 Å². The molecule has 3 aromatic carbocycles. The third-order valence-electron chi connectivity index (χ3n) is 7.17. The van der Waals surface area contributed by atoms with Crippen LogP contribution in [0, 0.1) is 34.6 Å². The summed E-state index contributed by atoms with van der Waals surface area (Å²) in [7, 11) is 0. The summed E-state index contributed by atoms with van der Waals surface area (Å²) in [5.41, 5.74) is 5.85. The van der Waals surface area contributed by atoms with Gasteiger partial charge in [0.1, 0.15) is 0 Å². The Morgan fingerprint density at radius 1 is 0.909 bits per heavy atom. The highest BCUT2D eigenvalue weighted by Crippen LogP contribution is 2.45. The second-order valence-electron chi connectivity index (χ2n) is 9.00. The van der Waals surface area contributed by atoms with Gasteiger partial charge in [-0.3, -0.25) is 9.59 Å². The molecule has 0 aliphatic carbocycles. The highest BCUT2D eigenvalue weighted by atomic mass is 79.9. The van der Waals surface area contributed by atoms with Gasteiger partial charge in [0.2, 0.25) is 0 Å². The Bertz CT molecular complexity index is 1250. The second-order valence-corrected chi connectivity index (χ2v) is 9.91. The first kappa shape index (κ1) is 23.4. The van der Waals surface area contributed by atoms with E-state index < -0.39 is 11.5 Å². The standard InChI is InChI=1S/C28H28BrNO3/c1-16-17(2)19(4)26(20(5)18(16)3)25(31)14-28(33)23-13-22(29)11-12-24(23)30(27(28)32)15-21-9-7-6-8-10-21/h6-13,33H,14-15H2,1-5H3/t28-/m0/s1. The molecule has 1 aliphatic heterocycles. The Morgan fingerprint density at radius 2 is 1.48 bits per heavy atom. The fraction of sp³-hybridized carbons (Fsp3) is 0.286. The molecule has 0 fully saturated rings. The lowest BCUT2D eigenvalue weighted by Gasteiger charge is -2.24. The summed E-state index contributed by atoms with van der Waals surface area (Å²) in [5, 5.41) is 11.8. The number of Topliss-reactive ketones (excluding diaryl/α,β-unsaturated/α-hetero) is 1. The van der Waals surface area contributed by atoms with E-state index in [0.717, 1.165) is 32.3 Å². The molecular formula is C28H28BrNO3. The molecular weight excluding hydrogens is 478 g/mol. The van der Waals surface area contributed by atoms with E-state index in [-0.39, 0.29) is 12.2 Å². The van der Waals surface area contributed by atoms with Crippen molar-refractivity contribution in [1.29, 1.82) is 0 Å². The van der Waals surface area contributed by atoms with Crippen LogP contribution in [0.4, 0.5) is 5.69 Å². The quantitative estimate of drug-likeness (QED) is 0.432. The minimum absolute atomic E-state index is 0.223. The van der Waals surface area contributed by atoms with Crippen LogP contribution in [0.2, 0.25) is 0 Å². The predicted molar refractivity (Wildman–Crippen MR) is 135 cm³/mol. The van der Waals surface area contributed by atoms with Crippen LogP contribution in [0.25, 0.3) is 0 Å². The van der Waals surface area contributed by atoms with Gasteiger partial charge in [-0.25, -0.2) is 0 Å². The Kier molecular flexibility index (Phi) is 6.06. The van der Waals surface area contributed by atoms with E-state index in [0.29, 0.717) is 23.4 Å². The molecule has 5 heteroatoms. The van der Waals surface area contributed by atoms with Gasteiger partial charge in [-0.1, -0.05) is 46.3 Å². The number of halogens is 1. The summed E-state index contributed by atoms with van der Waals surface area (Å²) in [4.78, 5) is 28.8. The van der Waals surface area contributed by atoms with E-state index in [1.54, 1.807) is 11.0 Å². The number of hydrogen-bond acceptors (Lipinski definition) is 3. The number of benzene rings is 3. The van der Waals surface area contributed by atoms with E-state index in [1.165, 1.54) is 5.56 Å². The van der Waals surface area contributed by atoms with Crippen LogP contribution in [0.5, 0.6) is 0 Å². The Balaban J connectivity index is 1.77. The zero-order chi connectivity index (χ0) is 24.1. The van der Waals surface area contributed by atoms with Gasteiger partial charge in [0.25, 0.3) is 5.91 Å². The molecule has 1 N–H and O–H groups in total. The smallest absolute Gasteiger partial charge is 0.264 e. The molecule has 170 valence electrons. The van der Waals surface area contributed by atoms with Crippen LogP contribution in [0.3, 0.4) is 0 Å². The van der Waals surface area contributed by atoms with Gasteiger partial charge in [-0.15, -0.1) is 0 Å². The molecule has 1 atom stereocenters. The van der Waals surface area contributed by atoms with Crippen LogP contribution in [-0.4, -0.2) is 16.8 Å². The Labute approximate surface area is 203 Å². The second kappa shape index (κ2) is 8.54. The number of ketones is 1. The van der Waals surface area contributed by atoms with Crippen molar-refractivity contribution >= 4 is 33.3 Å². The first-order chi connectivity index (χ1) is 15.6. The molecule has 0 radical (unpaired) electrons. The van der Waals surface area contributed by atoms with Crippen molar-refractivity contribution in [3.63, 3.8) is 0 Å². The molecule has 0 saturated carbocycles. The average Bonchev–Trinajstić information content (AvgIpc) is 2.98. The minimum Gasteiger partial charge on any atom is -0.375 e. The van der Waals surface area contributed by atoms with E-state index >= 15 is 0 Å². The lowest BCUT2D eigenvalue weighted by atomic mass is 9.82. The Hall–Kier alpha value is -2.76. The number of carbonyl (C=O) groups is 2. The lowest BCUT2D eigenvalue weighted by Crippen LogP contribution is -2.41. The van der Waals surface area contributed by atoms with Crippen LogP contribution in [0.15, 0.2) is 53.0 Å². The molecule has 4 nitrogen and oxygen atoms in total. The van der Waals surface area contributed by atoms with Crippen molar-refractivity contribution in [2.24, 2.45) is 0 Å². The summed E-state index contributed by atoms with van der Waals surface area (Å²) in [6, 6.07) is 15.1. The van der Waals surface area contributed by atoms with Crippen LogP contribution in [-0.2, 0) is 16.9 Å². The summed E-state index contributed by atoms with van der Waals surface area (Å²) in [6.07, 6.45) is -0.301. The molecule has 0 unspecified atom stereocenters. The summed E-state index contributed by atoms with van der Waals surface area (Å²) >= 11 is 3.46. The molecule has 4 rings (SSSR count). The number of carbonyl (C=O) groups excluding carboxylic acids is 2. The molecule has 0 bridgehead atoms. The lowest BCUT2D eigenvalue weighted by molar-refractivity contribution is -0.136. The molecule has 1 aliphatic rings. The van der Waals surface area contributed by atoms with Gasteiger partial charge < -0.3 is 10.0 Å². The third kappa shape index (κ3) is 3.83. The van der Waals surface area contributed by atoms with Crippen LogP contribution >= 0.6 is 15.9 Å². The van der Waals surface area contributed by atoms with Crippen LogP contribution in [0.1, 0.15) is 55.7 Å². The van der Waals surface area contributed by atoms with Gasteiger partial charge in [0.15, 0.2) is 11.4 Å². The SMILES string of the molecule is Cc1c(C)c(C)c(C(=O)C[C@@]2(O)C(=O)N(Cc3ccccc3)c3ccc(Br)cc32)c(C)c1C.